The lowest BCUT2D eigenvalue weighted by Crippen LogP contribution is -1.86. The van der Waals surface area contributed by atoms with Crippen LogP contribution in [0.25, 0.3) is 0 Å². The van der Waals surface area contributed by atoms with E-state index >= 15 is 0 Å². The van der Waals surface area contributed by atoms with E-state index in [9.17, 15) is 0 Å². The molecule has 0 saturated heterocycles. The minimum atomic E-state index is 0. The molecule has 0 aliphatic carbocycles. The lowest BCUT2D eigenvalue weighted by molar-refractivity contribution is 1.01. The molecule has 0 radical (unpaired) electrons. The average molecular weight is 287 g/mol. The van der Waals surface area contributed by atoms with Crippen LogP contribution in [0.4, 0.5) is 0 Å². The molecule has 0 aromatic rings. The van der Waals surface area contributed by atoms with Crippen LogP contribution in [0.2, 0.25) is 0 Å². The molecule has 0 rings (SSSR count). The molecule has 0 aliphatic heterocycles. The fraction of sp³-hybridized carbons (Fsp3) is 0.333. The van der Waals surface area contributed by atoms with Crippen LogP contribution < -0.4 is 0 Å². The van der Waals surface area contributed by atoms with Crippen molar-refractivity contribution in [2.24, 2.45) is 0 Å². The van der Waals surface area contributed by atoms with E-state index < -0.39 is 0 Å². The molecule has 0 aromatic carbocycles. The van der Waals surface area contributed by atoms with Gasteiger partial charge in [-0.05, 0) is 44.8 Å². The van der Waals surface area contributed by atoms with Gasteiger partial charge in [0.15, 0.2) is 0 Å². The molecular formula is C21H34. The third-order valence-electron chi connectivity index (χ3n) is 2.32. The van der Waals surface area contributed by atoms with E-state index in [4.69, 9.17) is 0 Å². The summed E-state index contributed by atoms with van der Waals surface area (Å²) in [4.78, 5) is 0. The van der Waals surface area contributed by atoms with Crippen molar-refractivity contribution >= 4 is 0 Å². The first-order valence-corrected chi connectivity index (χ1v) is 6.66. The van der Waals surface area contributed by atoms with Crippen LogP contribution in [-0.2, 0) is 0 Å². The normalized spacial score (nSPS) is 8.67. The molecule has 0 unspecified atom stereocenters. The van der Waals surface area contributed by atoms with Crippen LogP contribution in [0.1, 0.15) is 48.0 Å². The standard InChI is InChI=1S/C14H20.C4H8.C2H2.CH4/c1-7-12(4)10-14(6)13(5)9-8-11(2)3;1-3-4-2;1-2;/h8-9H,2,4-7,10H2,1,3H3;3-4H,1-2H3;1-2H;1H4/b9-8-;4-3-;;. The fourth-order valence-electron chi connectivity index (χ4n) is 0.901. The Bertz CT molecular complexity index is 380. The molecule has 0 heteroatoms. The molecule has 0 fully saturated rings. The highest BCUT2D eigenvalue weighted by Crippen LogP contribution is 2.18. The van der Waals surface area contributed by atoms with Crippen molar-refractivity contribution in [3.05, 3.63) is 72.9 Å². The van der Waals surface area contributed by atoms with Crippen molar-refractivity contribution in [2.45, 2.75) is 48.0 Å². The quantitative estimate of drug-likeness (QED) is 0.278. The van der Waals surface area contributed by atoms with Crippen molar-refractivity contribution < 1.29 is 0 Å². The predicted molar refractivity (Wildman–Crippen MR) is 103 cm³/mol. The average Bonchev–Trinajstić information content (AvgIpc) is 2.46. The molecule has 0 atom stereocenters. The van der Waals surface area contributed by atoms with Gasteiger partial charge in [0.2, 0.25) is 0 Å². The Hall–Kier alpha value is -2.00. The second-order valence-corrected chi connectivity index (χ2v) is 4.26. The van der Waals surface area contributed by atoms with Gasteiger partial charge in [0.1, 0.15) is 0 Å². The molecule has 0 amide bonds. The highest BCUT2D eigenvalue weighted by atomic mass is 14.0. The Morgan fingerprint density at radius 1 is 0.952 bits per heavy atom. The summed E-state index contributed by atoms with van der Waals surface area (Å²) in [5.41, 5.74) is 4.21. The molecule has 118 valence electrons. The summed E-state index contributed by atoms with van der Waals surface area (Å²) in [6.45, 7) is 23.7. The van der Waals surface area contributed by atoms with Gasteiger partial charge < -0.3 is 0 Å². The van der Waals surface area contributed by atoms with E-state index in [0.29, 0.717) is 0 Å². The monoisotopic (exact) mass is 286 g/mol. The van der Waals surface area contributed by atoms with Gasteiger partial charge in [-0.15, -0.1) is 12.8 Å². The van der Waals surface area contributed by atoms with Gasteiger partial charge in [0.25, 0.3) is 0 Å². The summed E-state index contributed by atoms with van der Waals surface area (Å²) < 4.78 is 0. The first kappa shape index (κ1) is 27.4. The molecule has 0 spiro atoms. The lowest BCUT2D eigenvalue weighted by atomic mass is 10.00. The van der Waals surface area contributed by atoms with Crippen molar-refractivity contribution in [3.8, 4) is 12.8 Å². The number of allylic oxidation sites excluding steroid dienone is 8. The van der Waals surface area contributed by atoms with Crippen LogP contribution in [0, 0.1) is 12.8 Å². The van der Waals surface area contributed by atoms with E-state index in [2.05, 4.69) is 46.1 Å². The lowest BCUT2D eigenvalue weighted by Gasteiger charge is -2.06. The summed E-state index contributed by atoms with van der Waals surface area (Å²) in [6, 6.07) is 0. The van der Waals surface area contributed by atoms with Gasteiger partial charge >= 0.3 is 0 Å². The van der Waals surface area contributed by atoms with E-state index in [1.54, 1.807) is 0 Å². The van der Waals surface area contributed by atoms with E-state index in [1.807, 2.05) is 45.1 Å². The zero-order chi connectivity index (χ0) is 16.6. The van der Waals surface area contributed by atoms with Gasteiger partial charge in [-0.25, -0.2) is 0 Å². The number of hydrogen-bond acceptors (Lipinski definition) is 0. The first-order chi connectivity index (χ1) is 9.38. The minimum Gasteiger partial charge on any atom is -0.124 e. The van der Waals surface area contributed by atoms with Crippen molar-refractivity contribution in [1.29, 1.82) is 0 Å². The zero-order valence-electron chi connectivity index (χ0n) is 13.7. The molecule has 21 heavy (non-hydrogen) atoms. The summed E-state index contributed by atoms with van der Waals surface area (Å²) >= 11 is 0. The van der Waals surface area contributed by atoms with E-state index in [-0.39, 0.29) is 7.43 Å². The van der Waals surface area contributed by atoms with Crippen molar-refractivity contribution in [1.82, 2.24) is 0 Å². The summed E-state index contributed by atoms with van der Waals surface area (Å²) in [6.07, 6.45) is 17.7. The van der Waals surface area contributed by atoms with Gasteiger partial charge in [-0.2, -0.15) is 0 Å². The van der Waals surface area contributed by atoms with Gasteiger partial charge in [0, 0.05) is 0 Å². The Labute approximate surface area is 134 Å². The Morgan fingerprint density at radius 3 is 1.67 bits per heavy atom. The topological polar surface area (TPSA) is 0 Å². The van der Waals surface area contributed by atoms with Crippen LogP contribution >= 0.6 is 0 Å². The minimum absolute atomic E-state index is 0. The largest absolute Gasteiger partial charge is 0.124 e. The maximum Gasteiger partial charge on any atom is -0.00701 e. The molecule has 0 N–H and O–H groups in total. The Balaban J connectivity index is -0.000000177. The smallest absolute Gasteiger partial charge is 0.00701 e. The molecule has 0 nitrogen and oxygen atoms in total. The molecule has 0 saturated carbocycles. The summed E-state index contributed by atoms with van der Waals surface area (Å²) in [5, 5.41) is 0. The molecule has 0 heterocycles. The Morgan fingerprint density at radius 2 is 1.38 bits per heavy atom. The maximum absolute atomic E-state index is 4.00. The highest BCUT2D eigenvalue weighted by Gasteiger charge is 1.98. The third kappa shape index (κ3) is 23.5. The van der Waals surface area contributed by atoms with Gasteiger partial charge in [0.05, 0.1) is 0 Å². The van der Waals surface area contributed by atoms with E-state index in [0.717, 1.165) is 29.6 Å². The number of terminal acetylenes is 1. The third-order valence-corrected chi connectivity index (χ3v) is 2.32. The maximum atomic E-state index is 4.00. The molecule has 0 aliphatic rings. The molecule has 0 bridgehead atoms. The summed E-state index contributed by atoms with van der Waals surface area (Å²) in [7, 11) is 0. The molecule has 0 aromatic heterocycles. The first-order valence-electron chi connectivity index (χ1n) is 6.66. The second kappa shape index (κ2) is 20.3. The Kier molecular flexibility index (Phi) is 26.5. The van der Waals surface area contributed by atoms with Crippen molar-refractivity contribution in [3.63, 3.8) is 0 Å². The fourth-order valence-corrected chi connectivity index (χ4v) is 0.901. The van der Waals surface area contributed by atoms with Gasteiger partial charge in [-0.3, -0.25) is 0 Å². The summed E-state index contributed by atoms with van der Waals surface area (Å²) in [5.74, 6) is 0. The van der Waals surface area contributed by atoms with Crippen LogP contribution in [0.3, 0.4) is 0 Å². The van der Waals surface area contributed by atoms with Crippen LogP contribution in [0.5, 0.6) is 0 Å². The second-order valence-electron chi connectivity index (χ2n) is 4.26. The number of hydrogen-bond donors (Lipinski definition) is 0. The van der Waals surface area contributed by atoms with Crippen LogP contribution in [-0.4, -0.2) is 0 Å². The van der Waals surface area contributed by atoms with Crippen molar-refractivity contribution in [2.75, 3.05) is 0 Å². The van der Waals surface area contributed by atoms with E-state index in [1.165, 1.54) is 5.57 Å². The highest BCUT2D eigenvalue weighted by molar-refractivity contribution is 5.39. The van der Waals surface area contributed by atoms with Gasteiger partial charge in [-0.1, -0.05) is 76.1 Å². The number of rotatable bonds is 6. The van der Waals surface area contributed by atoms with Crippen LogP contribution in [0.15, 0.2) is 72.9 Å². The molecular weight excluding hydrogens is 252 g/mol. The predicted octanol–water partition coefficient (Wildman–Crippen LogP) is 7.06. The SMILES string of the molecule is C.C#C.C/C=C\C.C=C(C)/C=C\C(=C)C(=C)CC(=C)CC. The zero-order valence-corrected chi connectivity index (χ0v) is 13.7.